The van der Waals surface area contributed by atoms with Gasteiger partial charge in [0, 0.05) is 12.7 Å². The molecule has 1 N–H and O–H groups in total. The Morgan fingerprint density at radius 2 is 2.20 bits per heavy atom. The lowest BCUT2D eigenvalue weighted by atomic mass is 10.1. The van der Waals surface area contributed by atoms with E-state index >= 15 is 0 Å². The van der Waals surface area contributed by atoms with Crippen molar-refractivity contribution >= 4 is 15.9 Å². The summed E-state index contributed by atoms with van der Waals surface area (Å²) in [6, 6.07) is 1.98. The second kappa shape index (κ2) is 6.95. The number of aryl methyl sites for hydroxylation is 2. The van der Waals surface area contributed by atoms with E-state index in [-0.39, 0.29) is 6.04 Å². The summed E-state index contributed by atoms with van der Waals surface area (Å²) in [5.74, 6) is 0.782. The molecule has 0 saturated heterocycles. The van der Waals surface area contributed by atoms with Crippen LogP contribution < -0.4 is 5.32 Å². The molecule has 0 aliphatic rings. The largest absolute Gasteiger partial charge is 0.304 e. The first-order valence-electron chi connectivity index (χ1n) is 6.91. The fourth-order valence-corrected chi connectivity index (χ4v) is 2.70. The van der Waals surface area contributed by atoms with Gasteiger partial charge in [0.25, 0.3) is 0 Å². The van der Waals surface area contributed by atoms with Crippen molar-refractivity contribution in [1.82, 2.24) is 25.1 Å². The average molecular weight is 338 g/mol. The number of hydrogen-bond acceptors (Lipinski definition) is 4. The summed E-state index contributed by atoms with van der Waals surface area (Å²) in [5.41, 5.74) is 2.08. The molecule has 1 atom stereocenters. The molecule has 20 heavy (non-hydrogen) atoms. The maximum Gasteiger partial charge on any atom is 0.125 e. The maximum atomic E-state index is 4.56. The molecule has 0 aliphatic carbocycles. The van der Waals surface area contributed by atoms with E-state index in [0.29, 0.717) is 0 Å². The van der Waals surface area contributed by atoms with E-state index in [4.69, 9.17) is 0 Å². The van der Waals surface area contributed by atoms with Gasteiger partial charge in [-0.1, -0.05) is 6.92 Å². The topological polar surface area (TPSA) is 55.6 Å². The molecule has 0 amide bonds. The summed E-state index contributed by atoms with van der Waals surface area (Å²) in [6.07, 6.45) is 4.71. The van der Waals surface area contributed by atoms with Crippen LogP contribution in [-0.4, -0.2) is 26.3 Å². The smallest absolute Gasteiger partial charge is 0.125 e. The van der Waals surface area contributed by atoms with Gasteiger partial charge in [0.05, 0.1) is 28.1 Å². The van der Waals surface area contributed by atoms with Gasteiger partial charge in [-0.15, -0.1) is 0 Å². The van der Waals surface area contributed by atoms with Crippen LogP contribution in [0.15, 0.2) is 22.9 Å². The number of hydrogen-bond donors (Lipinski definition) is 1. The average Bonchev–Trinajstić information content (AvgIpc) is 2.81. The summed E-state index contributed by atoms with van der Waals surface area (Å²) in [7, 11) is 0. The van der Waals surface area contributed by atoms with E-state index < -0.39 is 0 Å². The van der Waals surface area contributed by atoms with Gasteiger partial charge < -0.3 is 5.32 Å². The van der Waals surface area contributed by atoms with Crippen LogP contribution in [0.3, 0.4) is 0 Å². The zero-order valence-corrected chi connectivity index (χ0v) is 13.7. The maximum absolute atomic E-state index is 4.56. The Morgan fingerprint density at radius 3 is 2.85 bits per heavy atom. The molecule has 6 heteroatoms. The number of nitrogens with one attached hydrogen (secondary N) is 1. The molecule has 2 heterocycles. The zero-order chi connectivity index (χ0) is 14.5. The molecular weight excluding hydrogens is 318 g/mol. The summed E-state index contributed by atoms with van der Waals surface area (Å²) in [5, 5.41) is 7.95. The summed E-state index contributed by atoms with van der Waals surface area (Å²) in [6.45, 7) is 7.91. The third-order valence-electron chi connectivity index (χ3n) is 3.10. The molecule has 0 aliphatic heterocycles. The monoisotopic (exact) mass is 337 g/mol. The van der Waals surface area contributed by atoms with Gasteiger partial charge >= 0.3 is 0 Å². The first-order chi connectivity index (χ1) is 9.67. The quantitative estimate of drug-likeness (QED) is 0.880. The Balaban J connectivity index is 2.44. The molecule has 2 aromatic heterocycles. The van der Waals surface area contributed by atoms with Crippen LogP contribution in [0.4, 0.5) is 0 Å². The second-order valence-corrected chi connectivity index (χ2v) is 5.46. The van der Waals surface area contributed by atoms with Crippen LogP contribution in [-0.2, 0) is 6.54 Å². The van der Waals surface area contributed by atoms with Crippen molar-refractivity contribution in [3.05, 3.63) is 40.1 Å². The SMILES string of the molecule is CCCNC(c1ccnc(C)n1)c1c(Br)cnn1CC. The molecule has 0 bridgehead atoms. The van der Waals surface area contributed by atoms with Gasteiger partial charge in [-0.3, -0.25) is 4.68 Å². The molecule has 1 unspecified atom stereocenters. The highest BCUT2D eigenvalue weighted by Crippen LogP contribution is 2.27. The standard InChI is InChI=1S/C14H20BrN5/c1-4-7-17-13(12-6-8-16-10(3)19-12)14-11(15)9-18-20(14)5-2/h6,8-9,13,17H,4-5,7H2,1-3H3. The highest BCUT2D eigenvalue weighted by molar-refractivity contribution is 9.10. The van der Waals surface area contributed by atoms with Gasteiger partial charge in [-0.2, -0.15) is 5.10 Å². The number of halogens is 1. The van der Waals surface area contributed by atoms with Crippen molar-refractivity contribution in [3.63, 3.8) is 0 Å². The minimum Gasteiger partial charge on any atom is -0.304 e. The third kappa shape index (κ3) is 3.24. The van der Waals surface area contributed by atoms with Gasteiger partial charge in [0.1, 0.15) is 5.82 Å². The summed E-state index contributed by atoms with van der Waals surface area (Å²) in [4.78, 5) is 8.74. The van der Waals surface area contributed by atoms with Crippen LogP contribution in [0.2, 0.25) is 0 Å². The van der Waals surface area contributed by atoms with E-state index in [0.717, 1.165) is 41.2 Å². The van der Waals surface area contributed by atoms with Crippen LogP contribution in [0, 0.1) is 6.92 Å². The minimum atomic E-state index is 0.0217. The molecule has 5 nitrogen and oxygen atoms in total. The summed E-state index contributed by atoms with van der Waals surface area (Å²) >= 11 is 3.60. The predicted octanol–water partition coefficient (Wildman–Crippen LogP) is 2.85. The second-order valence-electron chi connectivity index (χ2n) is 4.61. The fourth-order valence-electron chi connectivity index (χ4n) is 2.18. The van der Waals surface area contributed by atoms with Crippen molar-refractivity contribution in [2.24, 2.45) is 0 Å². The highest BCUT2D eigenvalue weighted by Gasteiger charge is 2.22. The van der Waals surface area contributed by atoms with Gasteiger partial charge in [0.15, 0.2) is 0 Å². The Hall–Kier alpha value is -1.27. The first-order valence-corrected chi connectivity index (χ1v) is 7.70. The van der Waals surface area contributed by atoms with Crippen molar-refractivity contribution in [3.8, 4) is 0 Å². The van der Waals surface area contributed by atoms with Crippen LogP contribution in [0.5, 0.6) is 0 Å². The minimum absolute atomic E-state index is 0.0217. The Bertz CT molecular complexity index is 566. The molecule has 2 aromatic rings. The lowest BCUT2D eigenvalue weighted by molar-refractivity contribution is 0.519. The Labute approximate surface area is 128 Å². The Morgan fingerprint density at radius 1 is 1.40 bits per heavy atom. The first kappa shape index (κ1) is 15.1. The van der Waals surface area contributed by atoms with Gasteiger partial charge in [-0.05, 0) is 48.8 Å². The van der Waals surface area contributed by atoms with E-state index in [1.54, 1.807) is 6.20 Å². The van der Waals surface area contributed by atoms with Crippen molar-refractivity contribution in [2.45, 2.75) is 39.8 Å². The van der Waals surface area contributed by atoms with Crippen LogP contribution in [0.1, 0.15) is 43.5 Å². The predicted molar refractivity (Wildman–Crippen MR) is 82.5 cm³/mol. The van der Waals surface area contributed by atoms with E-state index in [1.165, 1.54) is 0 Å². The number of rotatable bonds is 6. The fraction of sp³-hybridized carbons (Fsp3) is 0.500. The Kier molecular flexibility index (Phi) is 5.25. The summed E-state index contributed by atoms with van der Waals surface area (Å²) < 4.78 is 3.00. The normalized spacial score (nSPS) is 12.6. The molecule has 0 spiro atoms. The van der Waals surface area contributed by atoms with Crippen molar-refractivity contribution < 1.29 is 0 Å². The molecule has 0 saturated carbocycles. The van der Waals surface area contributed by atoms with Crippen molar-refractivity contribution in [1.29, 1.82) is 0 Å². The van der Waals surface area contributed by atoms with E-state index in [1.807, 2.05) is 23.9 Å². The highest BCUT2D eigenvalue weighted by atomic mass is 79.9. The van der Waals surface area contributed by atoms with E-state index in [9.17, 15) is 0 Å². The molecular formula is C14H20BrN5. The van der Waals surface area contributed by atoms with Crippen molar-refractivity contribution in [2.75, 3.05) is 6.54 Å². The van der Waals surface area contributed by atoms with Gasteiger partial charge in [0.2, 0.25) is 0 Å². The lowest BCUT2D eigenvalue weighted by Crippen LogP contribution is -2.27. The van der Waals surface area contributed by atoms with Gasteiger partial charge in [-0.25, -0.2) is 9.97 Å². The van der Waals surface area contributed by atoms with Crippen LogP contribution >= 0.6 is 15.9 Å². The third-order valence-corrected chi connectivity index (χ3v) is 3.71. The molecule has 0 aromatic carbocycles. The number of nitrogens with zero attached hydrogens (tertiary/aromatic N) is 4. The number of aromatic nitrogens is 4. The van der Waals surface area contributed by atoms with Crippen LogP contribution in [0.25, 0.3) is 0 Å². The molecule has 0 radical (unpaired) electrons. The zero-order valence-electron chi connectivity index (χ0n) is 12.1. The molecule has 2 rings (SSSR count). The lowest BCUT2D eigenvalue weighted by Gasteiger charge is -2.20. The molecule has 0 fully saturated rings. The van der Waals surface area contributed by atoms with E-state index in [2.05, 4.69) is 50.2 Å². The molecule has 108 valence electrons.